The summed E-state index contributed by atoms with van der Waals surface area (Å²) in [6.07, 6.45) is 5.70. The smallest absolute Gasteiger partial charge is 0.0594 e. The molecule has 0 spiro atoms. The van der Waals surface area contributed by atoms with E-state index < -0.39 is 0 Å². The minimum absolute atomic E-state index is 0.363. The number of nitrogens with one attached hydrogen (secondary N) is 1. The molecule has 0 fully saturated rings. The third-order valence-corrected chi connectivity index (χ3v) is 1.94. The maximum Gasteiger partial charge on any atom is 0.0594 e. The van der Waals surface area contributed by atoms with Crippen molar-refractivity contribution in [3.8, 4) is 0 Å². The van der Waals surface area contributed by atoms with E-state index in [0.717, 1.165) is 19.7 Å². The molecule has 0 rings (SSSR count). The van der Waals surface area contributed by atoms with Gasteiger partial charge in [0.05, 0.1) is 12.7 Å². The Bertz CT molecular complexity index is 94.1. The molecule has 0 radical (unpaired) electrons. The third-order valence-electron chi connectivity index (χ3n) is 1.94. The Morgan fingerprint density at radius 2 is 1.85 bits per heavy atom. The Morgan fingerprint density at radius 3 is 2.46 bits per heavy atom. The van der Waals surface area contributed by atoms with Gasteiger partial charge in [-0.1, -0.05) is 26.2 Å². The van der Waals surface area contributed by atoms with E-state index in [1.807, 2.05) is 0 Å². The first-order valence-corrected chi connectivity index (χ1v) is 5.59. The molecule has 0 heterocycles. The van der Waals surface area contributed by atoms with Crippen LogP contribution in [0.15, 0.2) is 0 Å². The van der Waals surface area contributed by atoms with Gasteiger partial charge in [0.1, 0.15) is 0 Å². The zero-order valence-corrected chi connectivity index (χ0v) is 9.44. The van der Waals surface area contributed by atoms with Crippen LogP contribution < -0.4 is 5.32 Å². The van der Waals surface area contributed by atoms with Crippen molar-refractivity contribution in [2.24, 2.45) is 0 Å². The van der Waals surface area contributed by atoms with Gasteiger partial charge in [-0.25, -0.2) is 0 Å². The van der Waals surface area contributed by atoms with Crippen molar-refractivity contribution >= 4 is 0 Å². The lowest BCUT2D eigenvalue weighted by Gasteiger charge is -2.08. The van der Waals surface area contributed by atoms with Gasteiger partial charge in [0.2, 0.25) is 0 Å². The fourth-order valence-electron chi connectivity index (χ4n) is 1.17. The van der Waals surface area contributed by atoms with E-state index in [1.165, 1.54) is 25.7 Å². The van der Waals surface area contributed by atoms with E-state index in [9.17, 15) is 0 Å². The van der Waals surface area contributed by atoms with E-state index in [-0.39, 0.29) is 0 Å². The van der Waals surface area contributed by atoms with Crippen LogP contribution in [-0.2, 0) is 4.74 Å². The van der Waals surface area contributed by atoms with Gasteiger partial charge in [0, 0.05) is 6.54 Å². The van der Waals surface area contributed by atoms with Crippen molar-refractivity contribution in [1.29, 1.82) is 0 Å². The van der Waals surface area contributed by atoms with Crippen LogP contribution in [0.25, 0.3) is 0 Å². The highest BCUT2D eigenvalue weighted by Crippen LogP contribution is 1.96. The Hall–Kier alpha value is -0.0800. The monoisotopic (exact) mass is 187 g/mol. The van der Waals surface area contributed by atoms with Crippen LogP contribution in [0.3, 0.4) is 0 Å². The molecule has 0 saturated carbocycles. The Labute approximate surface area is 83.1 Å². The van der Waals surface area contributed by atoms with Gasteiger partial charge in [0.15, 0.2) is 0 Å². The van der Waals surface area contributed by atoms with Crippen molar-refractivity contribution in [2.75, 3.05) is 19.7 Å². The van der Waals surface area contributed by atoms with Crippen molar-refractivity contribution in [3.05, 3.63) is 0 Å². The van der Waals surface area contributed by atoms with Crippen LogP contribution >= 0.6 is 0 Å². The molecular formula is C11H25NO. The van der Waals surface area contributed by atoms with Crippen molar-refractivity contribution in [2.45, 2.75) is 52.6 Å². The van der Waals surface area contributed by atoms with Crippen molar-refractivity contribution in [3.63, 3.8) is 0 Å². The molecule has 2 nitrogen and oxygen atoms in total. The van der Waals surface area contributed by atoms with Gasteiger partial charge in [-0.2, -0.15) is 0 Å². The number of hydrogen-bond acceptors (Lipinski definition) is 2. The maximum absolute atomic E-state index is 5.41. The van der Waals surface area contributed by atoms with Crippen LogP contribution in [0, 0.1) is 0 Å². The summed E-state index contributed by atoms with van der Waals surface area (Å²) < 4.78 is 5.41. The number of unbranched alkanes of at least 4 members (excludes halogenated alkanes) is 3. The predicted molar refractivity (Wildman–Crippen MR) is 58.1 cm³/mol. The van der Waals surface area contributed by atoms with Crippen molar-refractivity contribution in [1.82, 2.24) is 5.32 Å². The van der Waals surface area contributed by atoms with E-state index in [4.69, 9.17) is 4.74 Å². The summed E-state index contributed by atoms with van der Waals surface area (Å²) in [6, 6.07) is 0. The molecular weight excluding hydrogens is 162 g/mol. The summed E-state index contributed by atoms with van der Waals surface area (Å²) in [5, 5.41) is 3.37. The summed E-state index contributed by atoms with van der Waals surface area (Å²) in [4.78, 5) is 0. The molecule has 0 aliphatic heterocycles. The molecule has 0 aromatic heterocycles. The topological polar surface area (TPSA) is 21.3 Å². The van der Waals surface area contributed by atoms with Crippen LogP contribution in [0.2, 0.25) is 0 Å². The molecule has 0 bridgehead atoms. The second-order valence-corrected chi connectivity index (χ2v) is 3.73. The normalized spacial score (nSPS) is 11.1. The fraction of sp³-hybridized carbons (Fsp3) is 1.00. The lowest BCUT2D eigenvalue weighted by molar-refractivity contribution is 0.0809. The number of ether oxygens (including phenoxy) is 1. The number of hydrogen-bond donors (Lipinski definition) is 1. The molecule has 0 unspecified atom stereocenters. The maximum atomic E-state index is 5.41. The van der Waals surface area contributed by atoms with Gasteiger partial charge in [0.25, 0.3) is 0 Å². The summed E-state index contributed by atoms with van der Waals surface area (Å²) >= 11 is 0. The first kappa shape index (κ1) is 12.9. The summed E-state index contributed by atoms with van der Waals surface area (Å²) in [5.41, 5.74) is 0. The van der Waals surface area contributed by atoms with Gasteiger partial charge in [-0.05, 0) is 26.8 Å². The van der Waals surface area contributed by atoms with E-state index >= 15 is 0 Å². The lowest BCUT2D eigenvalue weighted by Crippen LogP contribution is -2.22. The quantitative estimate of drug-likeness (QED) is 0.560. The summed E-state index contributed by atoms with van der Waals surface area (Å²) in [6.45, 7) is 9.35. The first-order valence-electron chi connectivity index (χ1n) is 5.59. The average Bonchev–Trinajstić information content (AvgIpc) is 2.09. The highest BCUT2D eigenvalue weighted by molar-refractivity contribution is 4.48. The molecule has 0 aliphatic carbocycles. The van der Waals surface area contributed by atoms with Crippen LogP contribution in [0.5, 0.6) is 0 Å². The summed E-state index contributed by atoms with van der Waals surface area (Å²) in [5.74, 6) is 0. The molecule has 0 amide bonds. The predicted octanol–water partition coefficient (Wildman–Crippen LogP) is 2.58. The Kier molecular flexibility index (Phi) is 9.94. The zero-order valence-electron chi connectivity index (χ0n) is 9.44. The second kappa shape index (κ2) is 10.0. The molecule has 1 N–H and O–H groups in total. The van der Waals surface area contributed by atoms with Gasteiger partial charge in [-0.3, -0.25) is 0 Å². The zero-order chi connectivity index (χ0) is 9.94. The largest absolute Gasteiger partial charge is 0.377 e. The minimum Gasteiger partial charge on any atom is -0.377 e. The highest BCUT2D eigenvalue weighted by Gasteiger charge is 1.92. The van der Waals surface area contributed by atoms with Crippen molar-refractivity contribution < 1.29 is 4.74 Å². The van der Waals surface area contributed by atoms with E-state index in [2.05, 4.69) is 26.1 Å². The van der Waals surface area contributed by atoms with Crippen LogP contribution in [0.4, 0.5) is 0 Å². The molecule has 0 atom stereocenters. The molecule has 0 saturated heterocycles. The molecule has 0 aliphatic rings. The molecule has 0 aromatic rings. The second-order valence-electron chi connectivity index (χ2n) is 3.73. The minimum atomic E-state index is 0.363. The fourth-order valence-corrected chi connectivity index (χ4v) is 1.17. The molecule has 13 heavy (non-hydrogen) atoms. The summed E-state index contributed by atoms with van der Waals surface area (Å²) in [7, 11) is 0. The number of rotatable bonds is 9. The molecule has 0 aromatic carbocycles. The van der Waals surface area contributed by atoms with Gasteiger partial charge < -0.3 is 10.1 Å². The lowest BCUT2D eigenvalue weighted by atomic mass is 10.2. The SMILES string of the molecule is CCCCCCNCCOC(C)C. The highest BCUT2D eigenvalue weighted by atomic mass is 16.5. The Morgan fingerprint density at radius 1 is 1.08 bits per heavy atom. The van der Waals surface area contributed by atoms with Gasteiger partial charge >= 0.3 is 0 Å². The third kappa shape index (κ3) is 11.9. The molecule has 2 heteroatoms. The van der Waals surface area contributed by atoms with E-state index in [1.54, 1.807) is 0 Å². The van der Waals surface area contributed by atoms with Crippen LogP contribution in [-0.4, -0.2) is 25.8 Å². The Balaban J connectivity index is 2.84. The standard InChI is InChI=1S/C11H25NO/c1-4-5-6-7-8-12-9-10-13-11(2)3/h11-12H,4-10H2,1-3H3. The van der Waals surface area contributed by atoms with E-state index in [0.29, 0.717) is 6.10 Å². The van der Waals surface area contributed by atoms with Crippen LogP contribution in [0.1, 0.15) is 46.5 Å². The van der Waals surface area contributed by atoms with Gasteiger partial charge in [-0.15, -0.1) is 0 Å². The first-order chi connectivity index (χ1) is 6.27. The average molecular weight is 187 g/mol. The molecule has 80 valence electrons.